The summed E-state index contributed by atoms with van der Waals surface area (Å²) in [5, 5.41) is 0. The highest BCUT2D eigenvalue weighted by molar-refractivity contribution is 7.99. The minimum atomic E-state index is 0.343. The summed E-state index contributed by atoms with van der Waals surface area (Å²) in [7, 11) is 0. The lowest BCUT2D eigenvalue weighted by atomic mass is 10.2. The van der Waals surface area contributed by atoms with Crippen LogP contribution in [0, 0.1) is 6.92 Å². The van der Waals surface area contributed by atoms with Crippen LogP contribution in [0.3, 0.4) is 0 Å². The largest absolute Gasteiger partial charge is 0.468 e. The van der Waals surface area contributed by atoms with Crippen LogP contribution in [0.5, 0.6) is 0 Å². The zero-order chi connectivity index (χ0) is 10.4. The topological polar surface area (TPSA) is 39.2 Å². The van der Waals surface area contributed by atoms with Gasteiger partial charge in [-0.2, -0.15) is 0 Å². The van der Waals surface area contributed by atoms with Crippen molar-refractivity contribution in [1.82, 2.24) is 0 Å². The van der Waals surface area contributed by atoms with Crippen LogP contribution in [0.15, 0.2) is 21.6 Å². The zero-order valence-electron chi connectivity index (χ0n) is 8.95. The van der Waals surface area contributed by atoms with Crippen LogP contribution in [0.4, 0.5) is 0 Å². The van der Waals surface area contributed by atoms with Gasteiger partial charge in [-0.25, -0.2) is 0 Å². The third-order valence-corrected chi connectivity index (χ3v) is 3.35. The molecule has 0 saturated carbocycles. The summed E-state index contributed by atoms with van der Waals surface area (Å²) >= 11 is 1.87. The second-order valence-corrected chi connectivity index (χ2v) is 4.80. The normalized spacial score (nSPS) is 13.1. The standard InChI is InChI=1S/C11H19NOS/c1-9(12)5-3-4-8-14-11-6-7-13-10(11)2/h6-7,9H,3-5,8,12H2,1-2H3. The Morgan fingerprint density at radius 3 is 2.86 bits per heavy atom. The molecule has 3 heteroatoms. The molecule has 1 aromatic heterocycles. The average Bonchev–Trinajstić information content (AvgIpc) is 2.51. The second-order valence-electron chi connectivity index (χ2n) is 3.66. The van der Waals surface area contributed by atoms with Crippen LogP contribution in [-0.4, -0.2) is 11.8 Å². The van der Waals surface area contributed by atoms with Gasteiger partial charge in [0.15, 0.2) is 0 Å². The Labute approximate surface area is 90.2 Å². The third-order valence-electron chi connectivity index (χ3n) is 2.12. The number of hydrogen-bond donors (Lipinski definition) is 1. The van der Waals surface area contributed by atoms with E-state index < -0.39 is 0 Å². The highest BCUT2D eigenvalue weighted by Crippen LogP contribution is 2.24. The van der Waals surface area contributed by atoms with Crippen molar-refractivity contribution < 1.29 is 4.42 Å². The summed E-state index contributed by atoms with van der Waals surface area (Å²) in [4.78, 5) is 1.27. The predicted molar refractivity (Wildman–Crippen MR) is 61.7 cm³/mol. The molecule has 0 aliphatic rings. The Kier molecular flexibility index (Phi) is 5.12. The van der Waals surface area contributed by atoms with Crippen LogP contribution in [0.25, 0.3) is 0 Å². The van der Waals surface area contributed by atoms with E-state index in [1.54, 1.807) is 6.26 Å². The Morgan fingerprint density at radius 2 is 2.29 bits per heavy atom. The number of hydrogen-bond acceptors (Lipinski definition) is 3. The molecular formula is C11H19NOS. The summed E-state index contributed by atoms with van der Waals surface area (Å²) in [5.74, 6) is 2.19. The summed E-state index contributed by atoms with van der Waals surface area (Å²) in [5.41, 5.74) is 5.67. The van der Waals surface area contributed by atoms with E-state index in [9.17, 15) is 0 Å². The van der Waals surface area contributed by atoms with E-state index in [0.717, 1.165) is 17.9 Å². The van der Waals surface area contributed by atoms with Crippen LogP contribution < -0.4 is 5.73 Å². The maximum atomic E-state index is 5.67. The smallest absolute Gasteiger partial charge is 0.114 e. The van der Waals surface area contributed by atoms with Gasteiger partial charge in [0.1, 0.15) is 5.76 Å². The first-order valence-corrected chi connectivity index (χ1v) is 6.11. The van der Waals surface area contributed by atoms with E-state index in [2.05, 4.69) is 6.92 Å². The molecule has 1 atom stereocenters. The Morgan fingerprint density at radius 1 is 1.50 bits per heavy atom. The van der Waals surface area contributed by atoms with Gasteiger partial charge < -0.3 is 10.2 Å². The van der Waals surface area contributed by atoms with Gasteiger partial charge in [-0.1, -0.05) is 6.42 Å². The molecule has 0 spiro atoms. The molecule has 0 aliphatic heterocycles. The number of rotatable bonds is 6. The number of unbranched alkanes of at least 4 members (excludes halogenated alkanes) is 1. The fourth-order valence-corrected chi connectivity index (χ4v) is 2.25. The first-order valence-electron chi connectivity index (χ1n) is 5.12. The molecular weight excluding hydrogens is 194 g/mol. The molecule has 14 heavy (non-hydrogen) atoms. The van der Waals surface area contributed by atoms with Crippen LogP contribution in [0.2, 0.25) is 0 Å². The van der Waals surface area contributed by atoms with Gasteiger partial charge >= 0.3 is 0 Å². The highest BCUT2D eigenvalue weighted by Gasteiger charge is 2.01. The van der Waals surface area contributed by atoms with E-state index in [0.29, 0.717) is 6.04 Å². The van der Waals surface area contributed by atoms with Gasteiger partial charge in [0.25, 0.3) is 0 Å². The molecule has 0 amide bonds. The summed E-state index contributed by atoms with van der Waals surface area (Å²) in [6.07, 6.45) is 5.34. The lowest BCUT2D eigenvalue weighted by molar-refractivity contribution is 0.527. The minimum absolute atomic E-state index is 0.343. The Balaban J connectivity index is 2.08. The van der Waals surface area contributed by atoms with Gasteiger partial charge in [-0.3, -0.25) is 0 Å². The molecule has 0 bridgehead atoms. The summed E-state index contributed by atoms with van der Waals surface area (Å²) < 4.78 is 5.22. The van der Waals surface area contributed by atoms with E-state index in [1.165, 1.54) is 17.7 Å². The molecule has 0 fully saturated rings. The molecule has 2 N–H and O–H groups in total. The SMILES string of the molecule is Cc1occc1SCCCCC(C)N. The first kappa shape index (κ1) is 11.7. The van der Waals surface area contributed by atoms with Crippen molar-refractivity contribution in [2.75, 3.05) is 5.75 Å². The summed E-state index contributed by atoms with van der Waals surface area (Å²) in [6, 6.07) is 2.38. The van der Waals surface area contributed by atoms with Crippen molar-refractivity contribution in [2.45, 2.75) is 44.0 Å². The molecule has 1 heterocycles. The predicted octanol–water partition coefficient (Wildman–Crippen LogP) is 3.20. The highest BCUT2D eigenvalue weighted by atomic mass is 32.2. The van der Waals surface area contributed by atoms with Gasteiger partial charge in [0, 0.05) is 10.9 Å². The van der Waals surface area contributed by atoms with E-state index in [4.69, 9.17) is 10.2 Å². The van der Waals surface area contributed by atoms with Crippen molar-refractivity contribution in [1.29, 1.82) is 0 Å². The lowest BCUT2D eigenvalue weighted by Crippen LogP contribution is -2.13. The fourth-order valence-electron chi connectivity index (χ4n) is 1.27. The first-order chi connectivity index (χ1) is 6.70. The second kappa shape index (κ2) is 6.14. The third kappa shape index (κ3) is 4.20. The summed E-state index contributed by atoms with van der Waals surface area (Å²) in [6.45, 7) is 4.07. The molecule has 2 nitrogen and oxygen atoms in total. The van der Waals surface area contributed by atoms with Gasteiger partial charge in [0.2, 0.25) is 0 Å². The molecule has 0 saturated heterocycles. The molecule has 80 valence electrons. The van der Waals surface area contributed by atoms with Crippen LogP contribution in [-0.2, 0) is 0 Å². The molecule has 1 unspecified atom stereocenters. The van der Waals surface area contributed by atoms with Gasteiger partial charge in [-0.05, 0) is 38.5 Å². The van der Waals surface area contributed by atoms with Crippen LogP contribution in [0.1, 0.15) is 31.9 Å². The van der Waals surface area contributed by atoms with Gasteiger partial charge in [-0.15, -0.1) is 11.8 Å². The quantitative estimate of drug-likeness (QED) is 0.582. The van der Waals surface area contributed by atoms with E-state index in [-0.39, 0.29) is 0 Å². The maximum absolute atomic E-state index is 5.67. The lowest BCUT2D eigenvalue weighted by Gasteiger charge is -2.03. The fraction of sp³-hybridized carbons (Fsp3) is 0.636. The average molecular weight is 213 g/mol. The zero-order valence-corrected chi connectivity index (χ0v) is 9.77. The number of nitrogens with two attached hydrogens (primary N) is 1. The molecule has 1 rings (SSSR count). The van der Waals surface area contributed by atoms with Crippen molar-refractivity contribution in [3.63, 3.8) is 0 Å². The minimum Gasteiger partial charge on any atom is -0.468 e. The van der Waals surface area contributed by atoms with E-state index in [1.807, 2.05) is 24.8 Å². The maximum Gasteiger partial charge on any atom is 0.114 e. The van der Waals surface area contributed by atoms with Crippen molar-refractivity contribution in [3.05, 3.63) is 18.1 Å². The number of thioether (sulfide) groups is 1. The van der Waals surface area contributed by atoms with Gasteiger partial charge in [0.05, 0.1) is 6.26 Å². The van der Waals surface area contributed by atoms with Crippen molar-refractivity contribution in [2.24, 2.45) is 5.73 Å². The number of aryl methyl sites for hydroxylation is 1. The Bertz CT molecular complexity index is 258. The van der Waals surface area contributed by atoms with Crippen molar-refractivity contribution in [3.8, 4) is 0 Å². The Hall–Kier alpha value is -0.410. The molecule has 0 radical (unpaired) electrons. The van der Waals surface area contributed by atoms with E-state index >= 15 is 0 Å². The monoisotopic (exact) mass is 213 g/mol. The van der Waals surface area contributed by atoms with Crippen molar-refractivity contribution >= 4 is 11.8 Å². The molecule has 0 aromatic carbocycles. The molecule has 0 aliphatic carbocycles. The van der Waals surface area contributed by atoms with Crippen LogP contribution >= 0.6 is 11.8 Å². The number of furan rings is 1. The molecule has 1 aromatic rings.